The Morgan fingerprint density at radius 3 is 2.47 bits per heavy atom. The van der Waals surface area contributed by atoms with Crippen molar-refractivity contribution in [2.45, 2.75) is 26.7 Å². The van der Waals surface area contributed by atoms with E-state index in [0.717, 1.165) is 24.0 Å². The number of benzene rings is 1. The van der Waals surface area contributed by atoms with E-state index in [9.17, 15) is 4.57 Å². The molecule has 1 aromatic rings. The molecule has 4 heteroatoms. The van der Waals surface area contributed by atoms with Gasteiger partial charge < -0.3 is 4.52 Å². The molecular formula is C15H22ClO2P. The molecule has 0 N–H and O–H groups in total. The van der Waals surface area contributed by atoms with Gasteiger partial charge in [-0.25, -0.2) is 0 Å². The van der Waals surface area contributed by atoms with Crippen LogP contribution in [0.5, 0.6) is 0 Å². The molecular weight excluding hydrogens is 279 g/mol. The largest absolute Gasteiger partial charge is 0.329 e. The molecule has 0 aliphatic heterocycles. The molecule has 0 fully saturated rings. The summed E-state index contributed by atoms with van der Waals surface area (Å²) in [5.74, 6) is 0. The summed E-state index contributed by atoms with van der Waals surface area (Å²) in [6, 6.07) is 7.45. The molecule has 1 atom stereocenters. The van der Waals surface area contributed by atoms with E-state index in [0.29, 0.717) is 24.0 Å². The Kier molecular flexibility index (Phi) is 6.85. The van der Waals surface area contributed by atoms with Gasteiger partial charge in [0.15, 0.2) is 0 Å². The molecule has 0 heterocycles. The first-order valence-corrected chi connectivity index (χ1v) is 9.04. The maximum Gasteiger partial charge on any atom is 0.207 e. The summed E-state index contributed by atoms with van der Waals surface area (Å²) in [7, 11) is -2.60. The fourth-order valence-electron chi connectivity index (χ4n) is 1.89. The van der Waals surface area contributed by atoms with Crippen molar-refractivity contribution in [2.24, 2.45) is 0 Å². The molecule has 0 unspecified atom stereocenters. The molecule has 106 valence electrons. The Morgan fingerprint density at radius 2 is 1.95 bits per heavy atom. The number of allylic oxidation sites excluding steroid dienone is 1. The van der Waals surface area contributed by atoms with Gasteiger partial charge in [0, 0.05) is 17.3 Å². The van der Waals surface area contributed by atoms with Crippen LogP contribution >= 0.6 is 19.0 Å². The monoisotopic (exact) mass is 300 g/mol. The Morgan fingerprint density at radius 1 is 1.32 bits per heavy atom. The normalized spacial score (nSPS) is 14.1. The quantitative estimate of drug-likeness (QED) is 0.595. The zero-order valence-electron chi connectivity index (χ0n) is 11.7. The lowest BCUT2D eigenvalue weighted by Crippen LogP contribution is -2.02. The van der Waals surface area contributed by atoms with Gasteiger partial charge in [-0.1, -0.05) is 43.7 Å². The fraction of sp³-hybridized carbons (Fsp3) is 0.467. The van der Waals surface area contributed by atoms with Gasteiger partial charge in [0.25, 0.3) is 0 Å². The first-order valence-electron chi connectivity index (χ1n) is 6.67. The van der Waals surface area contributed by atoms with Crippen LogP contribution in [0.2, 0.25) is 5.02 Å². The van der Waals surface area contributed by atoms with E-state index < -0.39 is 7.37 Å². The molecule has 0 saturated heterocycles. The van der Waals surface area contributed by atoms with Gasteiger partial charge in [-0.3, -0.25) is 4.57 Å². The third kappa shape index (κ3) is 5.52. The van der Waals surface area contributed by atoms with Crippen LogP contribution in [0, 0.1) is 0 Å². The molecule has 0 amide bonds. The molecule has 1 aromatic carbocycles. The minimum absolute atomic E-state index is 0.419. The summed E-state index contributed by atoms with van der Waals surface area (Å²) < 4.78 is 18.2. The molecule has 0 radical (unpaired) electrons. The molecule has 0 aliphatic carbocycles. The first-order chi connectivity index (χ1) is 9.00. The zero-order chi connectivity index (χ0) is 14.3. The van der Waals surface area contributed by atoms with Crippen LogP contribution in [0.3, 0.4) is 0 Å². The molecule has 0 aliphatic rings. The zero-order valence-corrected chi connectivity index (χ0v) is 13.3. The van der Waals surface area contributed by atoms with Crippen LogP contribution in [0.25, 0.3) is 5.57 Å². The van der Waals surface area contributed by atoms with Crippen LogP contribution in [0.15, 0.2) is 30.8 Å². The second kappa shape index (κ2) is 7.89. The smallest absolute Gasteiger partial charge is 0.207 e. The van der Waals surface area contributed by atoms with E-state index >= 15 is 0 Å². The SMILES string of the molecule is C=C(C[P@](=O)(CCCC)OCC)c1ccc(Cl)cc1. The predicted octanol–water partition coefficient (Wildman–Crippen LogP) is 5.47. The van der Waals surface area contributed by atoms with Gasteiger partial charge in [-0.15, -0.1) is 0 Å². The number of hydrogen-bond donors (Lipinski definition) is 0. The second-order valence-electron chi connectivity index (χ2n) is 4.58. The highest BCUT2D eigenvalue weighted by molar-refractivity contribution is 7.59. The van der Waals surface area contributed by atoms with Crippen molar-refractivity contribution in [1.82, 2.24) is 0 Å². The van der Waals surface area contributed by atoms with E-state index in [-0.39, 0.29) is 0 Å². The lowest BCUT2D eigenvalue weighted by Gasteiger charge is -2.19. The van der Waals surface area contributed by atoms with Gasteiger partial charge in [-0.05, 0) is 36.6 Å². The molecule has 0 bridgehead atoms. The van der Waals surface area contributed by atoms with Gasteiger partial charge >= 0.3 is 0 Å². The van der Waals surface area contributed by atoms with Crippen molar-refractivity contribution >= 4 is 24.5 Å². The van der Waals surface area contributed by atoms with Crippen molar-refractivity contribution in [3.8, 4) is 0 Å². The van der Waals surface area contributed by atoms with Crippen molar-refractivity contribution in [2.75, 3.05) is 18.9 Å². The van der Waals surface area contributed by atoms with Crippen LogP contribution < -0.4 is 0 Å². The summed E-state index contributed by atoms with van der Waals surface area (Å²) in [5.41, 5.74) is 1.82. The number of hydrogen-bond acceptors (Lipinski definition) is 2. The second-order valence-corrected chi connectivity index (χ2v) is 7.67. The lowest BCUT2D eigenvalue weighted by molar-refractivity contribution is 0.334. The lowest BCUT2D eigenvalue weighted by atomic mass is 10.1. The Labute approximate surface area is 121 Å². The van der Waals surface area contributed by atoms with Crippen molar-refractivity contribution < 1.29 is 9.09 Å². The predicted molar refractivity (Wildman–Crippen MR) is 84.4 cm³/mol. The average molecular weight is 301 g/mol. The van der Waals surface area contributed by atoms with E-state index in [1.807, 2.05) is 31.2 Å². The molecule has 0 saturated carbocycles. The van der Waals surface area contributed by atoms with Crippen LogP contribution in [-0.2, 0) is 9.09 Å². The van der Waals surface area contributed by atoms with Crippen molar-refractivity contribution in [1.29, 1.82) is 0 Å². The minimum atomic E-state index is -2.60. The summed E-state index contributed by atoms with van der Waals surface area (Å²) in [5, 5.41) is 0.690. The Hall–Kier alpha value is -0.560. The summed E-state index contributed by atoms with van der Waals surface area (Å²) in [4.78, 5) is 0. The van der Waals surface area contributed by atoms with E-state index in [1.165, 1.54) is 0 Å². The maximum absolute atomic E-state index is 12.7. The van der Waals surface area contributed by atoms with Gasteiger partial charge in [-0.2, -0.15) is 0 Å². The standard InChI is InChI=1S/C15H22ClO2P/c1-4-6-11-19(17,18-5-2)12-13(3)14-7-9-15(16)10-8-14/h7-10H,3-6,11-12H2,1-2H3/t19-/m0/s1. The van der Waals surface area contributed by atoms with E-state index in [2.05, 4.69) is 13.5 Å². The van der Waals surface area contributed by atoms with Crippen molar-refractivity contribution in [3.63, 3.8) is 0 Å². The highest BCUT2D eigenvalue weighted by atomic mass is 35.5. The molecule has 19 heavy (non-hydrogen) atoms. The summed E-state index contributed by atoms with van der Waals surface area (Å²) in [6.07, 6.45) is 2.99. The first kappa shape index (κ1) is 16.5. The number of rotatable bonds is 8. The average Bonchev–Trinajstić information content (AvgIpc) is 2.37. The molecule has 1 rings (SSSR count). The molecule has 0 aromatic heterocycles. The summed E-state index contributed by atoms with van der Waals surface area (Å²) in [6.45, 7) is 8.48. The van der Waals surface area contributed by atoms with Gasteiger partial charge in [0.1, 0.15) is 0 Å². The van der Waals surface area contributed by atoms with E-state index in [4.69, 9.17) is 16.1 Å². The maximum atomic E-state index is 12.7. The van der Waals surface area contributed by atoms with Gasteiger partial charge in [0.05, 0.1) is 6.61 Å². The van der Waals surface area contributed by atoms with Crippen LogP contribution in [0.1, 0.15) is 32.3 Å². The summed E-state index contributed by atoms with van der Waals surface area (Å²) >= 11 is 5.86. The molecule has 2 nitrogen and oxygen atoms in total. The minimum Gasteiger partial charge on any atom is -0.329 e. The highest BCUT2D eigenvalue weighted by Crippen LogP contribution is 2.50. The number of unbranched alkanes of at least 4 members (excludes halogenated alkanes) is 1. The number of halogens is 1. The Bertz CT molecular complexity index is 454. The topological polar surface area (TPSA) is 26.3 Å². The third-order valence-corrected chi connectivity index (χ3v) is 5.74. The third-order valence-electron chi connectivity index (χ3n) is 2.90. The van der Waals surface area contributed by atoms with Crippen LogP contribution in [0.4, 0.5) is 0 Å². The van der Waals surface area contributed by atoms with E-state index in [1.54, 1.807) is 0 Å². The highest BCUT2D eigenvalue weighted by Gasteiger charge is 2.23. The Balaban J connectivity index is 2.75. The van der Waals surface area contributed by atoms with Gasteiger partial charge in [0.2, 0.25) is 7.37 Å². The van der Waals surface area contributed by atoms with Crippen LogP contribution in [-0.4, -0.2) is 18.9 Å². The van der Waals surface area contributed by atoms with Crippen molar-refractivity contribution in [3.05, 3.63) is 41.4 Å². The molecule has 0 spiro atoms. The fourth-order valence-corrected chi connectivity index (χ4v) is 4.43.